The normalized spacial score (nSPS) is 19.0. The average Bonchev–Trinajstić information content (AvgIpc) is 2.73. The molecule has 9 heteroatoms. The molecule has 0 aliphatic heterocycles. The molecule has 0 saturated heterocycles. The molecule has 1 amide bonds. The van der Waals surface area contributed by atoms with Gasteiger partial charge in [-0.1, -0.05) is 36.4 Å². The standard InChI is InChI=1S/C24H24F5NO3/c1-2-11-30-22(31)17-12-19(13-17)32-21(15-7-9-18(10-8-15)33-23(25)26)14-16-5-3-4-6-20(16)24(27,28)29/h2-10,17,19,21,23H,1,11-14H2,(H,30,31). The first-order valence-electron chi connectivity index (χ1n) is 10.4. The fourth-order valence-corrected chi connectivity index (χ4v) is 3.72. The molecule has 1 saturated carbocycles. The maximum atomic E-state index is 13.5. The Morgan fingerprint density at radius 1 is 1.12 bits per heavy atom. The number of benzene rings is 2. The zero-order valence-electron chi connectivity index (χ0n) is 17.7. The first kappa shape index (κ1) is 24.7. The van der Waals surface area contributed by atoms with Crippen LogP contribution in [0.5, 0.6) is 5.75 Å². The molecule has 0 aromatic heterocycles. The second kappa shape index (κ2) is 10.8. The van der Waals surface area contributed by atoms with E-state index in [1.165, 1.54) is 42.5 Å². The molecule has 2 aromatic carbocycles. The minimum absolute atomic E-state index is 0.0579. The second-order valence-corrected chi connectivity index (χ2v) is 7.76. The van der Waals surface area contributed by atoms with E-state index in [1.54, 1.807) is 6.08 Å². The third-order valence-corrected chi connectivity index (χ3v) is 5.45. The molecule has 1 N–H and O–H groups in total. The first-order valence-corrected chi connectivity index (χ1v) is 10.4. The van der Waals surface area contributed by atoms with E-state index in [4.69, 9.17) is 4.74 Å². The Morgan fingerprint density at radius 3 is 2.39 bits per heavy atom. The lowest BCUT2D eigenvalue weighted by molar-refractivity contribution is -0.141. The number of alkyl halides is 5. The molecule has 3 rings (SSSR count). The van der Waals surface area contributed by atoms with Gasteiger partial charge in [-0.15, -0.1) is 6.58 Å². The number of hydrogen-bond donors (Lipinski definition) is 1. The first-order chi connectivity index (χ1) is 15.7. The molecule has 1 unspecified atom stereocenters. The van der Waals surface area contributed by atoms with Gasteiger partial charge < -0.3 is 14.8 Å². The van der Waals surface area contributed by atoms with Crippen LogP contribution in [-0.2, 0) is 22.1 Å². The van der Waals surface area contributed by atoms with Gasteiger partial charge in [0.1, 0.15) is 5.75 Å². The van der Waals surface area contributed by atoms with E-state index < -0.39 is 24.5 Å². The van der Waals surface area contributed by atoms with E-state index in [9.17, 15) is 26.7 Å². The SMILES string of the molecule is C=CCNC(=O)C1CC(OC(Cc2ccccc2C(F)(F)F)c2ccc(OC(F)F)cc2)C1. The lowest BCUT2D eigenvalue weighted by Gasteiger charge is -2.37. The highest BCUT2D eigenvalue weighted by atomic mass is 19.4. The van der Waals surface area contributed by atoms with Gasteiger partial charge in [-0.2, -0.15) is 22.0 Å². The Hall–Kier alpha value is -2.94. The smallest absolute Gasteiger partial charge is 0.416 e. The van der Waals surface area contributed by atoms with Crippen LogP contribution in [0.3, 0.4) is 0 Å². The number of hydrogen-bond acceptors (Lipinski definition) is 3. The summed E-state index contributed by atoms with van der Waals surface area (Å²) >= 11 is 0. The van der Waals surface area contributed by atoms with Gasteiger partial charge in [0, 0.05) is 18.9 Å². The van der Waals surface area contributed by atoms with Crippen molar-refractivity contribution in [1.82, 2.24) is 5.32 Å². The average molecular weight is 469 g/mol. The van der Waals surface area contributed by atoms with Gasteiger partial charge in [0.05, 0.1) is 17.8 Å². The van der Waals surface area contributed by atoms with Crippen molar-refractivity contribution in [2.24, 2.45) is 5.92 Å². The topological polar surface area (TPSA) is 47.6 Å². The molecule has 1 aliphatic carbocycles. The fraction of sp³-hybridized carbons (Fsp3) is 0.375. The third-order valence-electron chi connectivity index (χ3n) is 5.45. The van der Waals surface area contributed by atoms with Crippen molar-refractivity contribution in [3.8, 4) is 5.75 Å². The summed E-state index contributed by atoms with van der Waals surface area (Å²) in [6, 6.07) is 10.9. The second-order valence-electron chi connectivity index (χ2n) is 7.76. The quantitative estimate of drug-likeness (QED) is 0.359. The molecule has 1 aliphatic rings. The maximum absolute atomic E-state index is 13.5. The van der Waals surface area contributed by atoms with Crippen molar-refractivity contribution in [1.29, 1.82) is 0 Å². The van der Waals surface area contributed by atoms with Crippen LogP contribution in [0, 0.1) is 5.92 Å². The number of carbonyl (C=O) groups excluding carboxylic acids is 1. The van der Waals surface area contributed by atoms with Gasteiger partial charge in [0.25, 0.3) is 0 Å². The van der Waals surface area contributed by atoms with E-state index in [0.717, 1.165) is 6.07 Å². The van der Waals surface area contributed by atoms with E-state index in [-0.39, 0.29) is 35.7 Å². The molecular weight excluding hydrogens is 445 g/mol. The number of rotatable bonds is 10. The van der Waals surface area contributed by atoms with E-state index >= 15 is 0 Å². The van der Waals surface area contributed by atoms with Crippen LogP contribution in [-0.4, -0.2) is 25.2 Å². The predicted molar refractivity (Wildman–Crippen MR) is 112 cm³/mol. The van der Waals surface area contributed by atoms with Crippen LogP contribution in [0.4, 0.5) is 22.0 Å². The summed E-state index contributed by atoms with van der Waals surface area (Å²) in [5, 5.41) is 2.71. The monoisotopic (exact) mass is 469 g/mol. The number of amides is 1. The van der Waals surface area contributed by atoms with E-state index in [1.807, 2.05) is 0 Å². The van der Waals surface area contributed by atoms with Gasteiger partial charge in [-0.25, -0.2) is 0 Å². The number of carbonyl (C=O) groups is 1. The highest BCUT2D eigenvalue weighted by molar-refractivity contribution is 5.79. The van der Waals surface area contributed by atoms with Crippen molar-refractivity contribution in [3.63, 3.8) is 0 Å². The molecule has 178 valence electrons. The molecule has 0 heterocycles. The highest BCUT2D eigenvalue weighted by Crippen LogP contribution is 2.38. The van der Waals surface area contributed by atoms with Gasteiger partial charge in [-0.3, -0.25) is 4.79 Å². The summed E-state index contributed by atoms with van der Waals surface area (Å²) in [6.45, 7) is 0.906. The van der Waals surface area contributed by atoms with Crippen LogP contribution < -0.4 is 10.1 Å². The highest BCUT2D eigenvalue weighted by Gasteiger charge is 2.38. The van der Waals surface area contributed by atoms with Crippen molar-refractivity contribution in [2.75, 3.05) is 6.54 Å². The summed E-state index contributed by atoms with van der Waals surface area (Å²) in [7, 11) is 0. The lowest BCUT2D eigenvalue weighted by Crippen LogP contribution is -2.43. The van der Waals surface area contributed by atoms with E-state index in [0.29, 0.717) is 24.9 Å². The molecule has 0 radical (unpaired) electrons. The van der Waals surface area contributed by atoms with Crippen LogP contribution in [0.2, 0.25) is 0 Å². The minimum atomic E-state index is -4.53. The number of halogens is 5. The van der Waals surface area contributed by atoms with Crippen LogP contribution in [0.25, 0.3) is 0 Å². The molecule has 0 spiro atoms. The summed E-state index contributed by atoms with van der Waals surface area (Å²) in [5.41, 5.74) is -0.179. The summed E-state index contributed by atoms with van der Waals surface area (Å²) in [5.74, 6) is -0.423. The van der Waals surface area contributed by atoms with Gasteiger partial charge >= 0.3 is 12.8 Å². The Morgan fingerprint density at radius 2 is 1.79 bits per heavy atom. The minimum Gasteiger partial charge on any atom is -0.435 e. The van der Waals surface area contributed by atoms with Crippen LogP contribution in [0.1, 0.15) is 35.6 Å². The zero-order chi connectivity index (χ0) is 24.0. The molecule has 0 bridgehead atoms. The lowest BCUT2D eigenvalue weighted by atomic mass is 9.81. The molecule has 4 nitrogen and oxygen atoms in total. The zero-order valence-corrected chi connectivity index (χ0v) is 17.7. The van der Waals surface area contributed by atoms with Crippen molar-refractivity contribution in [3.05, 3.63) is 77.9 Å². The van der Waals surface area contributed by atoms with Crippen molar-refractivity contribution >= 4 is 5.91 Å². The third kappa shape index (κ3) is 6.77. The molecule has 1 fully saturated rings. The van der Waals surface area contributed by atoms with Crippen LogP contribution in [0.15, 0.2) is 61.2 Å². The molecule has 1 atom stereocenters. The van der Waals surface area contributed by atoms with Gasteiger partial charge in [-0.05, 0) is 42.2 Å². The molecule has 2 aromatic rings. The fourth-order valence-electron chi connectivity index (χ4n) is 3.72. The Kier molecular flexibility index (Phi) is 8.07. The Bertz CT molecular complexity index is 940. The van der Waals surface area contributed by atoms with Crippen LogP contribution >= 0.6 is 0 Å². The number of nitrogens with one attached hydrogen (secondary N) is 1. The summed E-state index contributed by atoms with van der Waals surface area (Å²) < 4.78 is 75.7. The van der Waals surface area contributed by atoms with Crippen molar-refractivity contribution in [2.45, 2.75) is 44.3 Å². The maximum Gasteiger partial charge on any atom is 0.416 e. The van der Waals surface area contributed by atoms with Gasteiger partial charge in [0.15, 0.2) is 0 Å². The van der Waals surface area contributed by atoms with Crippen molar-refractivity contribution < 1.29 is 36.2 Å². The summed E-state index contributed by atoms with van der Waals surface area (Å²) in [6.07, 6.45) is -3.24. The van der Waals surface area contributed by atoms with Gasteiger partial charge in [0.2, 0.25) is 5.91 Å². The largest absolute Gasteiger partial charge is 0.435 e. The Labute approximate surface area is 188 Å². The molecule has 33 heavy (non-hydrogen) atoms. The Balaban J connectivity index is 1.77. The number of ether oxygens (including phenoxy) is 2. The predicted octanol–water partition coefficient (Wildman–Crippen LogP) is 5.69. The molecular formula is C24H24F5NO3. The summed E-state index contributed by atoms with van der Waals surface area (Å²) in [4.78, 5) is 12.0. The van der Waals surface area contributed by atoms with E-state index in [2.05, 4.69) is 16.6 Å².